The second-order valence-corrected chi connectivity index (χ2v) is 5.76. The third-order valence-electron chi connectivity index (χ3n) is 4.66. The Balaban J connectivity index is 2.16. The second-order valence-electron chi connectivity index (χ2n) is 5.76. The van der Waals surface area contributed by atoms with Gasteiger partial charge in [-0.05, 0) is 6.42 Å². The van der Waals surface area contributed by atoms with Crippen molar-refractivity contribution < 1.29 is 35.1 Å². The molecule has 2 fully saturated rings. The molecule has 2 aliphatic heterocycles. The van der Waals surface area contributed by atoms with Crippen LogP contribution in [0.5, 0.6) is 0 Å². The van der Waals surface area contributed by atoms with Gasteiger partial charge in [-0.3, -0.25) is 0 Å². The van der Waals surface area contributed by atoms with Crippen molar-refractivity contribution in [1.82, 2.24) is 5.32 Å². The van der Waals surface area contributed by atoms with Gasteiger partial charge in [-0.2, -0.15) is 0 Å². The maximum atomic E-state index is 11.8. The van der Waals surface area contributed by atoms with E-state index in [0.29, 0.717) is 0 Å². The molecular weight excluding hydrogens is 286 g/mol. The number of rotatable bonds is 1. The van der Waals surface area contributed by atoms with Crippen LogP contribution in [0, 0.1) is 5.92 Å². The maximum Gasteiger partial charge on any atom is 0.338 e. The van der Waals surface area contributed by atoms with Crippen LogP contribution in [0.3, 0.4) is 0 Å². The van der Waals surface area contributed by atoms with E-state index in [4.69, 9.17) is 10.5 Å². The molecule has 1 aliphatic carbocycles. The Labute approximate surface area is 118 Å². The third-order valence-corrected chi connectivity index (χ3v) is 4.66. The van der Waals surface area contributed by atoms with Gasteiger partial charge in [0.1, 0.15) is 17.2 Å². The van der Waals surface area contributed by atoms with Gasteiger partial charge < -0.3 is 41.3 Å². The van der Waals surface area contributed by atoms with E-state index in [1.165, 1.54) is 0 Å². The molecule has 1 saturated heterocycles. The summed E-state index contributed by atoms with van der Waals surface area (Å²) in [5.41, 5.74) is 1.84. The van der Waals surface area contributed by atoms with Gasteiger partial charge in [0.2, 0.25) is 0 Å². The molecule has 0 radical (unpaired) electrons. The molecule has 3 aliphatic rings. The summed E-state index contributed by atoms with van der Waals surface area (Å²) in [6.45, 7) is -0.795. The summed E-state index contributed by atoms with van der Waals surface area (Å²) in [6, 6.07) is 0. The van der Waals surface area contributed by atoms with Gasteiger partial charge in [0, 0.05) is 5.92 Å². The van der Waals surface area contributed by atoms with E-state index < -0.39 is 54.2 Å². The summed E-state index contributed by atoms with van der Waals surface area (Å²) >= 11 is 0. The Hall–Kier alpha value is -1.46. The van der Waals surface area contributed by atoms with Crippen molar-refractivity contribution in [2.75, 3.05) is 6.61 Å². The first-order chi connectivity index (χ1) is 9.76. The van der Waals surface area contributed by atoms with E-state index in [-0.39, 0.29) is 12.4 Å². The number of aliphatic imine (C=N–C) groups is 1. The molecule has 21 heavy (non-hydrogen) atoms. The van der Waals surface area contributed by atoms with Crippen molar-refractivity contribution in [3.8, 4) is 0 Å². The van der Waals surface area contributed by atoms with Gasteiger partial charge in [0.05, 0.1) is 6.61 Å². The van der Waals surface area contributed by atoms with Crippen LogP contribution in [0.1, 0.15) is 6.42 Å². The number of hydrogen-bond donors (Lipinski definition) is 7. The van der Waals surface area contributed by atoms with E-state index in [2.05, 4.69) is 10.3 Å². The van der Waals surface area contributed by atoms with Gasteiger partial charge in [-0.15, -0.1) is 0 Å². The Morgan fingerprint density at radius 2 is 2.10 bits per heavy atom. The van der Waals surface area contributed by atoms with Crippen molar-refractivity contribution in [3.63, 3.8) is 0 Å². The van der Waals surface area contributed by atoms with Crippen LogP contribution in [-0.4, -0.2) is 79.7 Å². The standard InChI is InChI=1S/C11H17N3O7/c12-9-13-7(18)3-1-10(20,2-15)6-4(16)11(3,14-9)5(17)8(19)21-6/h3-7,15-18,20H,1-2H2,(H3,12,13,14)/t3?,4?,5-,6?,7?,10?,11?/m1/s1. The molecule has 1 saturated carbocycles. The van der Waals surface area contributed by atoms with E-state index in [1.54, 1.807) is 0 Å². The molecule has 8 N–H and O–H groups in total. The number of esters is 1. The fourth-order valence-corrected chi connectivity index (χ4v) is 3.58. The first-order valence-corrected chi connectivity index (χ1v) is 6.45. The first-order valence-electron chi connectivity index (χ1n) is 6.45. The molecule has 2 heterocycles. The van der Waals surface area contributed by atoms with Crippen LogP contribution < -0.4 is 11.1 Å². The summed E-state index contributed by atoms with van der Waals surface area (Å²) in [4.78, 5) is 15.5. The van der Waals surface area contributed by atoms with Crippen molar-refractivity contribution >= 4 is 11.9 Å². The average Bonchev–Trinajstić information content (AvgIpc) is 2.42. The number of aliphatic hydroxyl groups is 5. The lowest BCUT2D eigenvalue weighted by atomic mass is 9.59. The number of nitrogens with zero attached hydrogens (tertiary/aromatic N) is 1. The number of carbonyl (C=O) groups excluding carboxylic acids is 1. The Bertz CT molecular complexity index is 514. The highest BCUT2D eigenvalue weighted by atomic mass is 16.6. The van der Waals surface area contributed by atoms with Crippen LogP contribution in [-0.2, 0) is 9.53 Å². The van der Waals surface area contributed by atoms with Crippen LogP contribution >= 0.6 is 0 Å². The van der Waals surface area contributed by atoms with Gasteiger partial charge in [-0.25, -0.2) is 9.79 Å². The van der Waals surface area contributed by atoms with Crippen molar-refractivity contribution in [2.45, 2.75) is 42.1 Å². The number of hydrogen-bond acceptors (Lipinski definition) is 10. The molecule has 0 aromatic rings. The van der Waals surface area contributed by atoms with Crippen molar-refractivity contribution in [1.29, 1.82) is 0 Å². The van der Waals surface area contributed by atoms with E-state index in [0.717, 1.165) is 0 Å². The van der Waals surface area contributed by atoms with Crippen LogP contribution in [0.15, 0.2) is 4.99 Å². The highest BCUT2D eigenvalue weighted by Gasteiger charge is 2.71. The zero-order valence-corrected chi connectivity index (χ0v) is 10.9. The molecule has 0 aromatic carbocycles. The Kier molecular flexibility index (Phi) is 2.94. The minimum absolute atomic E-state index is 0.249. The number of fused-ring (bicyclic) bond motifs is 1. The molecule has 3 rings (SSSR count). The molecule has 0 aromatic heterocycles. The molecule has 1 spiro atoms. The first kappa shape index (κ1) is 14.5. The quantitative estimate of drug-likeness (QED) is 0.234. The predicted octanol–water partition coefficient (Wildman–Crippen LogP) is -4.65. The molecule has 0 amide bonds. The summed E-state index contributed by atoms with van der Waals surface area (Å²) in [5, 5.41) is 53.0. The smallest absolute Gasteiger partial charge is 0.338 e. The highest BCUT2D eigenvalue weighted by molar-refractivity contribution is 5.84. The fourth-order valence-electron chi connectivity index (χ4n) is 3.58. The van der Waals surface area contributed by atoms with Crippen LogP contribution in [0.25, 0.3) is 0 Å². The lowest BCUT2D eigenvalue weighted by molar-refractivity contribution is -0.276. The number of ether oxygens (including phenoxy) is 1. The van der Waals surface area contributed by atoms with Gasteiger partial charge in [0.15, 0.2) is 24.4 Å². The predicted molar refractivity (Wildman–Crippen MR) is 65.5 cm³/mol. The molecule has 118 valence electrons. The van der Waals surface area contributed by atoms with Gasteiger partial charge in [0.25, 0.3) is 0 Å². The molecule has 10 nitrogen and oxygen atoms in total. The summed E-state index contributed by atoms with van der Waals surface area (Å²) < 4.78 is 4.85. The largest absolute Gasteiger partial charge is 0.454 e. The Morgan fingerprint density at radius 1 is 1.43 bits per heavy atom. The SMILES string of the molecule is NC1=NC(O)C2CC(O)(CO)C3OC(=O)[C@@H](O)C2(N1)C3O. The molecule has 2 bridgehead atoms. The van der Waals surface area contributed by atoms with Crippen LogP contribution in [0.4, 0.5) is 0 Å². The number of aliphatic hydroxyl groups excluding tert-OH is 4. The maximum absolute atomic E-state index is 11.8. The summed E-state index contributed by atoms with van der Waals surface area (Å²) in [7, 11) is 0. The third kappa shape index (κ3) is 1.64. The van der Waals surface area contributed by atoms with E-state index in [9.17, 15) is 30.3 Å². The minimum atomic E-state index is -1.95. The van der Waals surface area contributed by atoms with Crippen LogP contribution in [0.2, 0.25) is 0 Å². The molecule has 6 unspecified atom stereocenters. The normalized spacial score (nSPS) is 52.3. The lowest BCUT2D eigenvalue weighted by Crippen LogP contribution is -2.84. The number of nitrogens with one attached hydrogen (secondary N) is 1. The molecule has 7 atom stereocenters. The topological polar surface area (TPSA) is 178 Å². The molecule has 10 heteroatoms. The number of guanidine groups is 1. The number of nitrogens with two attached hydrogens (primary N) is 1. The minimum Gasteiger partial charge on any atom is -0.454 e. The lowest BCUT2D eigenvalue weighted by Gasteiger charge is -2.60. The Morgan fingerprint density at radius 3 is 2.71 bits per heavy atom. The average molecular weight is 303 g/mol. The second kappa shape index (κ2) is 4.27. The van der Waals surface area contributed by atoms with Gasteiger partial charge in [-0.1, -0.05) is 0 Å². The van der Waals surface area contributed by atoms with E-state index in [1.807, 2.05) is 0 Å². The highest BCUT2D eigenvalue weighted by Crippen LogP contribution is 2.48. The monoisotopic (exact) mass is 303 g/mol. The van der Waals surface area contributed by atoms with E-state index >= 15 is 0 Å². The summed E-state index contributed by atoms with van der Waals surface area (Å²) in [5.74, 6) is -2.38. The summed E-state index contributed by atoms with van der Waals surface area (Å²) in [6.07, 6.45) is -6.56. The zero-order valence-electron chi connectivity index (χ0n) is 10.9. The van der Waals surface area contributed by atoms with Crippen molar-refractivity contribution in [2.24, 2.45) is 16.6 Å². The zero-order chi connectivity index (χ0) is 15.6. The van der Waals surface area contributed by atoms with Gasteiger partial charge >= 0.3 is 5.97 Å². The number of carbonyl (C=O) groups is 1. The molecular formula is C11H17N3O7. The van der Waals surface area contributed by atoms with Crippen molar-refractivity contribution in [3.05, 3.63) is 0 Å². The fraction of sp³-hybridized carbons (Fsp3) is 0.818.